The number of aryl methyl sites for hydroxylation is 1. The molecule has 0 bridgehead atoms. The lowest BCUT2D eigenvalue weighted by Gasteiger charge is -2.21. The number of hydrogen-bond acceptors (Lipinski definition) is 2. The van der Waals surface area contributed by atoms with Crippen molar-refractivity contribution in [3.8, 4) is 5.75 Å². The Morgan fingerprint density at radius 2 is 1.91 bits per heavy atom. The Bertz CT molecular complexity index is 673. The molecule has 0 aromatic heterocycles. The average Bonchev–Trinajstić information content (AvgIpc) is 2.53. The monoisotopic (exact) mass is 348 g/mol. The second-order valence-electron chi connectivity index (χ2n) is 5.33. The van der Waals surface area contributed by atoms with Gasteiger partial charge in [0.05, 0.1) is 6.61 Å². The van der Waals surface area contributed by atoms with Crippen LogP contribution < -0.4 is 10.1 Å². The fraction of sp³-hybridized carbons (Fsp3) is 0.278. The van der Waals surface area contributed by atoms with Crippen LogP contribution in [0.1, 0.15) is 18.1 Å². The highest BCUT2D eigenvalue weighted by Gasteiger charge is 2.07. The van der Waals surface area contributed by atoms with Crippen LogP contribution in [0, 0.1) is 6.92 Å². The van der Waals surface area contributed by atoms with Crippen molar-refractivity contribution in [3.05, 3.63) is 58.6 Å². The van der Waals surface area contributed by atoms with Gasteiger partial charge in [-0.05, 0) is 61.5 Å². The van der Waals surface area contributed by atoms with Gasteiger partial charge in [0.25, 0.3) is 0 Å². The third-order valence-corrected chi connectivity index (χ3v) is 4.24. The molecule has 0 amide bonds. The SMILES string of the molecule is CCOc1ccc(CN(C)C(=S)Nc2ccc(C)c(Cl)c2)cc1. The molecule has 0 heterocycles. The van der Waals surface area contributed by atoms with E-state index in [-0.39, 0.29) is 0 Å². The summed E-state index contributed by atoms with van der Waals surface area (Å²) in [5, 5.41) is 4.59. The smallest absolute Gasteiger partial charge is 0.173 e. The van der Waals surface area contributed by atoms with Gasteiger partial charge in [0.2, 0.25) is 0 Å². The van der Waals surface area contributed by atoms with Gasteiger partial charge in [-0.25, -0.2) is 0 Å². The van der Waals surface area contributed by atoms with Crippen molar-refractivity contribution < 1.29 is 4.74 Å². The summed E-state index contributed by atoms with van der Waals surface area (Å²) in [5.74, 6) is 0.883. The van der Waals surface area contributed by atoms with E-state index >= 15 is 0 Å². The van der Waals surface area contributed by atoms with Crippen molar-refractivity contribution in [1.29, 1.82) is 0 Å². The number of benzene rings is 2. The second kappa shape index (κ2) is 8.18. The van der Waals surface area contributed by atoms with E-state index in [1.807, 2.05) is 68.3 Å². The molecule has 2 aromatic carbocycles. The molecule has 0 radical (unpaired) electrons. The number of ether oxygens (including phenoxy) is 1. The molecular weight excluding hydrogens is 328 g/mol. The normalized spacial score (nSPS) is 10.3. The van der Waals surface area contributed by atoms with E-state index in [0.29, 0.717) is 11.7 Å². The predicted octanol–water partition coefficient (Wildman–Crippen LogP) is 4.88. The van der Waals surface area contributed by atoms with E-state index in [2.05, 4.69) is 5.32 Å². The van der Waals surface area contributed by atoms with Gasteiger partial charge in [0.1, 0.15) is 5.75 Å². The highest BCUT2D eigenvalue weighted by atomic mass is 35.5. The molecule has 5 heteroatoms. The maximum atomic E-state index is 6.14. The lowest BCUT2D eigenvalue weighted by Crippen LogP contribution is -2.30. The Balaban J connectivity index is 1.95. The average molecular weight is 349 g/mol. The van der Waals surface area contributed by atoms with Crippen LogP contribution in [-0.2, 0) is 6.54 Å². The number of nitrogens with one attached hydrogen (secondary N) is 1. The van der Waals surface area contributed by atoms with E-state index in [1.165, 1.54) is 5.56 Å². The van der Waals surface area contributed by atoms with Crippen LogP contribution in [-0.4, -0.2) is 23.7 Å². The number of rotatable bonds is 5. The summed E-state index contributed by atoms with van der Waals surface area (Å²) in [6, 6.07) is 13.9. The van der Waals surface area contributed by atoms with Crippen LogP contribution in [0.15, 0.2) is 42.5 Å². The molecule has 0 aliphatic rings. The van der Waals surface area contributed by atoms with Crippen LogP contribution in [0.5, 0.6) is 5.75 Å². The molecule has 0 saturated carbocycles. The van der Waals surface area contributed by atoms with Gasteiger partial charge < -0.3 is 15.0 Å². The van der Waals surface area contributed by atoms with Gasteiger partial charge in [-0.15, -0.1) is 0 Å². The van der Waals surface area contributed by atoms with Gasteiger partial charge in [-0.3, -0.25) is 0 Å². The number of nitrogens with zero attached hydrogens (tertiary/aromatic N) is 1. The van der Waals surface area contributed by atoms with Crippen molar-refractivity contribution in [3.63, 3.8) is 0 Å². The second-order valence-corrected chi connectivity index (χ2v) is 6.12. The Labute approximate surface area is 148 Å². The number of hydrogen-bond donors (Lipinski definition) is 1. The summed E-state index contributed by atoms with van der Waals surface area (Å²) in [4.78, 5) is 1.98. The van der Waals surface area contributed by atoms with Crippen molar-refractivity contribution in [2.45, 2.75) is 20.4 Å². The topological polar surface area (TPSA) is 24.5 Å². The first-order valence-corrected chi connectivity index (χ1v) is 8.28. The van der Waals surface area contributed by atoms with E-state index in [1.54, 1.807) is 0 Å². The lowest BCUT2D eigenvalue weighted by atomic mass is 10.2. The molecule has 122 valence electrons. The fourth-order valence-electron chi connectivity index (χ4n) is 2.09. The quantitative estimate of drug-likeness (QED) is 0.778. The molecule has 2 rings (SSSR count). The lowest BCUT2D eigenvalue weighted by molar-refractivity contribution is 0.340. The van der Waals surface area contributed by atoms with Crippen molar-refractivity contribution in [1.82, 2.24) is 4.90 Å². The summed E-state index contributed by atoms with van der Waals surface area (Å²) in [7, 11) is 1.96. The van der Waals surface area contributed by atoms with E-state index in [0.717, 1.165) is 28.6 Å². The molecule has 1 N–H and O–H groups in total. The molecule has 0 aliphatic carbocycles. The van der Waals surface area contributed by atoms with Crippen molar-refractivity contribution >= 4 is 34.6 Å². The van der Waals surface area contributed by atoms with Gasteiger partial charge in [0, 0.05) is 24.3 Å². The highest BCUT2D eigenvalue weighted by molar-refractivity contribution is 7.80. The molecule has 0 spiro atoms. The summed E-state index contributed by atoms with van der Waals surface area (Å²) in [5.41, 5.74) is 3.11. The van der Waals surface area contributed by atoms with Crippen LogP contribution in [0.2, 0.25) is 5.02 Å². The standard InChI is InChI=1S/C18H21ClN2OS/c1-4-22-16-9-6-14(7-10-16)12-21(3)18(23)20-15-8-5-13(2)17(19)11-15/h5-11H,4,12H2,1-3H3,(H,20,23). The molecule has 3 nitrogen and oxygen atoms in total. The Morgan fingerprint density at radius 3 is 2.52 bits per heavy atom. The Hall–Kier alpha value is -1.78. The molecule has 0 atom stereocenters. The highest BCUT2D eigenvalue weighted by Crippen LogP contribution is 2.20. The summed E-state index contributed by atoms with van der Waals surface area (Å²) in [6.45, 7) is 5.34. The van der Waals surface area contributed by atoms with Crippen LogP contribution in [0.4, 0.5) is 5.69 Å². The third-order valence-electron chi connectivity index (χ3n) is 3.42. The van der Waals surface area contributed by atoms with Crippen LogP contribution in [0.3, 0.4) is 0 Å². The molecule has 0 unspecified atom stereocenters. The minimum Gasteiger partial charge on any atom is -0.494 e. The Morgan fingerprint density at radius 1 is 1.22 bits per heavy atom. The zero-order valence-corrected chi connectivity index (χ0v) is 15.2. The predicted molar refractivity (Wildman–Crippen MR) is 101 cm³/mol. The van der Waals surface area contributed by atoms with Gasteiger partial charge in [0.15, 0.2) is 5.11 Å². The van der Waals surface area contributed by atoms with Crippen molar-refractivity contribution in [2.24, 2.45) is 0 Å². The largest absolute Gasteiger partial charge is 0.494 e. The van der Waals surface area contributed by atoms with Crippen LogP contribution in [0.25, 0.3) is 0 Å². The first-order valence-electron chi connectivity index (χ1n) is 7.49. The first-order chi connectivity index (χ1) is 11.0. The molecule has 2 aromatic rings. The zero-order valence-electron chi connectivity index (χ0n) is 13.6. The van der Waals surface area contributed by atoms with Gasteiger partial charge >= 0.3 is 0 Å². The zero-order chi connectivity index (χ0) is 16.8. The molecule has 0 saturated heterocycles. The minimum atomic E-state index is 0.652. The first kappa shape index (κ1) is 17.6. The summed E-state index contributed by atoms with van der Waals surface area (Å²) >= 11 is 11.6. The maximum absolute atomic E-state index is 6.14. The fourth-order valence-corrected chi connectivity index (χ4v) is 2.46. The molecular formula is C18H21ClN2OS. The van der Waals surface area contributed by atoms with E-state index in [9.17, 15) is 0 Å². The number of halogens is 1. The number of thiocarbonyl (C=S) groups is 1. The molecule has 0 fully saturated rings. The van der Waals surface area contributed by atoms with E-state index < -0.39 is 0 Å². The maximum Gasteiger partial charge on any atom is 0.173 e. The van der Waals surface area contributed by atoms with Gasteiger partial charge in [-0.2, -0.15) is 0 Å². The van der Waals surface area contributed by atoms with Crippen LogP contribution >= 0.6 is 23.8 Å². The molecule has 0 aliphatic heterocycles. The Kier molecular flexibility index (Phi) is 6.25. The number of anilines is 1. The minimum absolute atomic E-state index is 0.652. The van der Waals surface area contributed by atoms with Gasteiger partial charge in [-0.1, -0.05) is 29.8 Å². The van der Waals surface area contributed by atoms with Crippen molar-refractivity contribution in [2.75, 3.05) is 19.0 Å². The summed E-state index contributed by atoms with van der Waals surface area (Å²) in [6.07, 6.45) is 0. The van der Waals surface area contributed by atoms with E-state index in [4.69, 9.17) is 28.6 Å². The summed E-state index contributed by atoms with van der Waals surface area (Å²) < 4.78 is 5.45. The molecule has 23 heavy (non-hydrogen) atoms. The third kappa shape index (κ3) is 5.12.